The summed E-state index contributed by atoms with van der Waals surface area (Å²) in [6.45, 7) is 2.05. The van der Waals surface area contributed by atoms with Crippen molar-refractivity contribution in [3.63, 3.8) is 0 Å². The summed E-state index contributed by atoms with van der Waals surface area (Å²) in [5.74, 6) is 0. The third-order valence-corrected chi connectivity index (χ3v) is 2.90. The first-order chi connectivity index (χ1) is 6.29. The van der Waals surface area contributed by atoms with Crippen LogP contribution >= 0.6 is 11.6 Å². The quantitative estimate of drug-likeness (QED) is 0.665. The van der Waals surface area contributed by atoms with Crippen molar-refractivity contribution in [3.05, 3.63) is 30.1 Å². The summed E-state index contributed by atoms with van der Waals surface area (Å²) in [6, 6.07) is 6.23. The van der Waals surface area contributed by atoms with Gasteiger partial charge in [-0.05, 0) is 19.1 Å². The molecule has 0 spiro atoms. The molecule has 2 rings (SSSR count). The van der Waals surface area contributed by atoms with Gasteiger partial charge >= 0.3 is 0 Å². The van der Waals surface area contributed by atoms with E-state index in [1.807, 2.05) is 25.1 Å². The molecule has 0 aliphatic carbocycles. The van der Waals surface area contributed by atoms with Crippen molar-refractivity contribution in [2.75, 3.05) is 0 Å². The van der Waals surface area contributed by atoms with Crippen LogP contribution in [0.2, 0.25) is 0 Å². The Morgan fingerprint density at radius 1 is 1.38 bits per heavy atom. The van der Waals surface area contributed by atoms with Crippen LogP contribution in [0.1, 0.15) is 18.7 Å². The second-order valence-electron chi connectivity index (χ2n) is 3.25. The summed E-state index contributed by atoms with van der Waals surface area (Å²) in [4.78, 5) is 4.26. The predicted molar refractivity (Wildman–Crippen MR) is 52.4 cm³/mol. The minimum absolute atomic E-state index is 0.0508. The number of pyridine rings is 1. The standard InChI is InChI=1S/C9H12ClN3/c1-6-8(10)9(13-12-6)7-4-2-3-5-11-7/h2-6,8-9,12-13H,1H3. The highest BCUT2D eigenvalue weighted by Crippen LogP contribution is 2.25. The molecule has 0 saturated carbocycles. The van der Waals surface area contributed by atoms with E-state index in [1.54, 1.807) is 6.20 Å². The number of rotatable bonds is 1. The number of hydrogen-bond acceptors (Lipinski definition) is 3. The normalized spacial score (nSPS) is 33.5. The van der Waals surface area contributed by atoms with E-state index in [2.05, 4.69) is 15.8 Å². The van der Waals surface area contributed by atoms with Crippen molar-refractivity contribution in [1.82, 2.24) is 15.8 Å². The fraction of sp³-hybridized carbons (Fsp3) is 0.444. The van der Waals surface area contributed by atoms with E-state index in [9.17, 15) is 0 Å². The number of alkyl halides is 1. The molecular formula is C9H12ClN3. The van der Waals surface area contributed by atoms with Gasteiger partial charge in [0.2, 0.25) is 0 Å². The van der Waals surface area contributed by atoms with E-state index >= 15 is 0 Å². The number of hydrazine groups is 1. The zero-order valence-electron chi connectivity index (χ0n) is 7.37. The Bertz CT molecular complexity index is 277. The first kappa shape index (κ1) is 8.94. The van der Waals surface area contributed by atoms with Gasteiger partial charge in [-0.3, -0.25) is 10.4 Å². The molecule has 1 fully saturated rings. The average Bonchev–Trinajstić information content (AvgIpc) is 2.49. The van der Waals surface area contributed by atoms with Crippen LogP contribution in [0.5, 0.6) is 0 Å². The van der Waals surface area contributed by atoms with E-state index < -0.39 is 0 Å². The van der Waals surface area contributed by atoms with Gasteiger partial charge in [0, 0.05) is 12.2 Å². The molecule has 0 aromatic carbocycles. The predicted octanol–water partition coefficient (Wildman–Crippen LogP) is 1.23. The van der Waals surface area contributed by atoms with Crippen LogP contribution in [-0.4, -0.2) is 16.4 Å². The van der Waals surface area contributed by atoms with E-state index in [-0.39, 0.29) is 17.5 Å². The molecule has 0 radical (unpaired) electrons. The molecule has 0 amide bonds. The number of halogens is 1. The van der Waals surface area contributed by atoms with E-state index in [0.717, 1.165) is 5.69 Å². The average molecular weight is 198 g/mol. The number of aromatic nitrogens is 1. The van der Waals surface area contributed by atoms with E-state index in [4.69, 9.17) is 11.6 Å². The molecule has 1 aliphatic rings. The van der Waals surface area contributed by atoms with E-state index in [0.29, 0.717) is 0 Å². The molecule has 2 heterocycles. The molecule has 1 aromatic heterocycles. The Morgan fingerprint density at radius 2 is 2.23 bits per heavy atom. The van der Waals surface area contributed by atoms with Crippen LogP contribution in [0.4, 0.5) is 0 Å². The highest BCUT2D eigenvalue weighted by atomic mass is 35.5. The first-order valence-corrected chi connectivity index (χ1v) is 4.79. The fourth-order valence-corrected chi connectivity index (χ4v) is 1.72. The van der Waals surface area contributed by atoms with Crippen LogP contribution in [0.15, 0.2) is 24.4 Å². The van der Waals surface area contributed by atoms with Crippen LogP contribution in [0, 0.1) is 0 Å². The van der Waals surface area contributed by atoms with Gasteiger partial charge in [-0.25, -0.2) is 5.43 Å². The Morgan fingerprint density at radius 3 is 2.77 bits per heavy atom. The zero-order valence-corrected chi connectivity index (χ0v) is 8.12. The van der Waals surface area contributed by atoms with Gasteiger partial charge in [0.15, 0.2) is 0 Å². The van der Waals surface area contributed by atoms with Crippen molar-refractivity contribution in [2.24, 2.45) is 0 Å². The van der Waals surface area contributed by atoms with Gasteiger partial charge in [-0.15, -0.1) is 11.6 Å². The lowest BCUT2D eigenvalue weighted by molar-refractivity contribution is 0.553. The molecule has 1 aromatic rings. The maximum atomic E-state index is 6.20. The largest absolute Gasteiger partial charge is 0.260 e. The molecular weight excluding hydrogens is 186 g/mol. The maximum absolute atomic E-state index is 6.20. The Hall–Kier alpha value is -0.640. The van der Waals surface area contributed by atoms with Gasteiger partial charge < -0.3 is 0 Å². The Balaban J connectivity index is 2.19. The molecule has 70 valence electrons. The SMILES string of the molecule is CC1NNC(c2ccccn2)C1Cl. The topological polar surface area (TPSA) is 37.0 Å². The lowest BCUT2D eigenvalue weighted by Crippen LogP contribution is -2.29. The summed E-state index contributed by atoms with van der Waals surface area (Å²) < 4.78 is 0. The molecule has 0 bridgehead atoms. The van der Waals surface area contributed by atoms with Crippen LogP contribution in [0.3, 0.4) is 0 Å². The number of nitrogens with zero attached hydrogens (tertiary/aromatic N) is 1. The molecule has 3 atom stereocenters. The highest BCUT2D eigenvalue weighted by Gasteiger charge is 2.32. The van der Waals surface area contributed by atoms with Gasteiger partial charge in [-0.1, -0.05) is 6.07 Å². The highest BCUT2D eigenvalue weighted by molar-refractivity contribution is 6.21. The monoisotopic (exact) mass is 197 g/mol. The van der Waals surface area contributed by atoms with E-state index in [1.165, 1.54) is 0 Å². The van der Waals surface area contributed by atoms with Gasteiger partial charge in [0.1, 0.15) is 0 Å². The Kier molecular flexibility index (Phi) is 2.49. The fourth-order valence-electron chi connectivity index (χ4n) is 1.47. The summed E-state index contributed by atoms with van der Waals surface area (Å²) in [6.07, 6.45) is 1.78. The summed E-state index contributed by atoms with van der Waals surface area (Å²) in [5.41, 5.74) is 7.21. The van der Waals surface area contributed by atoms with Crippen molar-refractivity contribution in [1.29, 1.82) is 0 Å². The third-order valence-electron chi connectivity index (χ3n) is 2.27. The minimum Gasteiger partial charge on any atom is -0.260 e. The van der Waals surface area contributed by atoms with Crippen LogP contribution in [0.25, 0.3) is 0 Å². The summed E-state index contributed by atoms with van der Waals surface area (Å²) in [7, 11) is 0. The molecule has 1 aliphatic heterocycles. The van der Waals surface area contributed by atoms with Crippen molar-refractivity contribution in [3.8, 4) is 0 Å². The molecule has 1 saturated heterocycles. The van der Waals surface area contributed by atoms with Crippen LogP contribution < -0.4 is 10.9 Å². The lowest BCUT2D eigenvalue weighted by Gasteiger charge is -2.12. The summed E-state index contributed by atoms with van der Waals surface area (Å²) in [5, 5.41) is 0.0508. The van der Waals surface area contributed by atoms with Crippen molar-refractivity contribution < 1.29 is 0 Å². The van der Waals surface area contributed by atoms with Gasteiger partial charge in [0.05, 0.1) is 17.1 Å². The first-order valence-electron chi connectivity index (χ1n) is 4.35. The van der Waals surface area contributed by atoms with Crippen molar-refractivity contribution in [2.45, 2.75) is 24.4 Å². The van der Waals surface area contributed by atoms with Crippen LogP contribution in [-0.2, 0) is 0 Å². The maximum Gasteiger partial charge on any atom is 0.0813 e. The van der Waals surface area contributed by atoms with Gasteiger partial charge in [-0.2, -0.15) is 0 Å². The third kappa shape index (κ3) is 1.68. The smallest absolute Gasteiger partial charge is 0.0813 e. The lowest BCUT2D eigenvalue weighted by atomic mass is 10.1. The molecule has 4 heteroatoms. The van der Waals surface area contributed by atoms with Crippen molar-refractivity contribution >= 4 is 11.6 Å². The molecule has 3 unspecified atom stereocenters. The summed E-state index contributed by atoms with van der Waals surface area (Å²) >= 11 is 6.20. The second-order valence-corrected chi connectivity index (χ2v) is 3.76. The minimum atomic E-state index is 0.0508. The zero-order chi connectivity index (χ0) is 9.26. The molecule has 13 heavy (non-hydrogen) atoms. The molecule has 2 N–H and O–H groups in total. The number of hydrogen-bond donors (Lipinski definition) is 2. The van der Waals surface area contributed by atoms with Gasteiger partial charge in [0.25, 0.3) is 0 Å². The Labute approximate surface area is 82.5 Å². The number of nitrogens with one attached hydrogen (secondary N) is 2. The molecule has 3 nitrogen and oxygen atoms in total. The second kappa shape index (κ2) is 3.62.